The van der Waals surface area contributed by atoms with Gasteiger partial charge in [-0.15, -0.1) is 0 Å². The lowest BCUT2D eigenvalue weighted by Gasteiger charge is -2.30. The molecule has 4 N–H and O–H groups in total. The number of hydrogen-bond acceptors (Lipinski definition) is 8. The zero-order valence-electron chi connectivity index (χ0n) is 19.4. The molecule has 0 spiro atoms. The van der Waals surface area contributed by atoms with Gasteiger partial charge in [0.2, 0.25) is 5.91 Å². The molecule has 13 heteroatoms. The average molecular weight is 492 g/mol. The topological polar surface area (TPSA) is 167 Å². The van der Waals surface area contributed by atoms with Crippen LogP contribution in [0.5, 0.6) is 0 Å². The molecule has 1 atom stereocenters. The fourth-order valence-electron chi connectivity index (χ4n) is 4.06. The lowest BCUT2D eigenvalue weighted by molar-refractivity contribution is -0.133. The molecule has 3 aromatic heterocycles. The van der Waals surface area contributed by atoms with Crippen molar-refractivity contribution < 1.29 is 18.8 Å². The minimum absolute atomic E-state index is 0.0204. The SMILES string of the molecule is C[C@H](NC(=O)c1cc(C(=O)NCc2ccc3oc(=O)[nH]c3c2)nc2ccnn12)C(=O)N1CCNCC1. The maximum absolute atomic E-state index is 13.1. The zero-order valence-corrected chi connectivity index (χ0v) is 19.4. The fraction of sp³-hybridized carbons (Fsp3) is 0.304. The highest BCUT2D eigenvalue weighted by Crippen LogP contribution is 2.13. The summed E-state index contributed by atoms with van der Waals surface area (Å²) in [6.07, 6.45) is 1.47. The molecule has 0 aliphatic carbocycles. The number of fused-ring (bicyclic) bond motifs is 2. The van der Waals surface area contributed by atoms with Crippen LogP contribution in [-0.4, -0.2) is 74.4 Å². The van der Waals surface area contributed by atoms with Crippen LogP contribution in [-0.2, 0) is 11.3 Å². The molecular weight excluding hydrogens is 468 g/mol. The molecule has 0 radical (unpaired) electrons. The van der Waals surface area contributed by atoms with Crippen LogP contribution in [0.4, 0.5) is 0 Å². The molecule has 4 heterocycles. The largest absolute Gasteiger partial charge is 0.417 e. The van der Waals surface area contributed by atoms with Gasteiger partial charge in [-0.2, -0.15) is 5.10 Å². The number of piperazine rings is 1. The quantitative estimate of drug-likeness (QED) is 0.283. The summed E-state index contributed by atoms with van der Waals surface area (Å²) in [5.74, 6) is -1.78. The van der Waals surface area contributed by atoms with Gasteiger partial charge < -0.3 is 25.3 Å². The summed E-state index contributed by atoms with van der Waals surface area (Å²) in [5.41, 5.74) is 2.08. The number of aromatic nitrogens is 4. The number of oxazole rings is 1. The molecule has 186 valence electrons. The smallest absolute Gasteiger partial charge is 0.408 e. The second-order valence-corrected chi connectivity index (χ2v) is 8.43. The second kappa shape index (κ2) is 9.62. The number of carbonyl (C=O) groups excluding carboxylic acids is 3. The van der Waals surface area contributed by atoms with E-state index in [-0.39, 0.29) is 23.8 Å². The van der Waals surface area contributed by atoms with Gasteiger partial charge in [-0.3, -0.25) is 19.4 Å². The van der Waals surface area contributed by atoms with Crippen LogP contribution in [0.25, 0.3) is 16.7 Å². The van der Waals surface area contributed by atoms with Crippen molar-refractivity contribution in [3.63, 3.8) is 0 Å². The molecule has 1 aliphatic heterocycles. The van der Waals surface area contributed by atoms with E-state index in [2.05, 4.69) is 31.0 Å². The van der Waals surface area contributed by atoms with Crippen LogP contribution in [0.2, 0.25) is 0 Å². The van der Waals surface area contributed by atoms with E-state index in [9.17, 15) is 19.2 Å². The van der Waals surface area contributed by atoms with Gasteiger partial charge in [0, 0.05) is 44.9 Å². The zero-order chi connectivity index (χ0) is 25.2. The molecule has 0 unspecified atom stereocenters. The molecule has 0 saturated carbocycles. The van der Waals surface area contributed by atoms with Gasteiger partial charge in [0.25, 0.3) is 11.8 Å². The van der Waals surface area contributed by atoms with Crippen LogP contribution in [0.1, 0.15) is 33.5 Å². The molecule has 1 aliphatic rings. The van der Waals surface area contributed by atoms with Crippen molar-refractivity contribution in [1.29, 1.82) is 0 Å². The Hall–Kier alpha value is -4.52. The van der Waals surface area contributed by atoms with Crippen LogP contribution in [0.15, 0.2) is 45.7 Å². The van der Waals surface area contributed by atoms with Crippen molar-refractivity contribution in [1.82, 2.24) is 40.4 Å². The number of aromatic amines is 1. The van der Waals surface area contributed by atoms with Gasteiger partial charge in [-0.25, -0.2) is 14.3 Å². The predicted molar refractivity (Wildman–Crippen MR) is 127 cm³/mol. The third kappa shape index (κ3) is 4.68. The number of hydrogen-bond donors (Lipinski definition) is 4. The van der Waals surface area contributed by atoms with Crippen molar-refractivity contribution >= 4 is 34.5 Å². The van der Waals surface area contributed by atoms with Gasteiger partial charge >= 0.3 is 5.76 Å². The Kier molecular flexibility index (Phi) is 6.21. The minimum Gasteiger partial charge on any atom is -0.408 e. The Labute approximate surface area is 203 Å². The van der Waals surface area contributed by atoms with Crippen molar-refractivity contribution in [2.24, 2.45) is 0 Å². The van der Waals surface area contributed by atoms with E-state index in [0.29, 0.717) is 42.9 Å². The summed E-state index contributed by atoms with van der Waals surface area (Å²) >= 11 is 0. The summed E-state index contributed by atoms with van der Waals surface area (Å²) in [4.78, 5) is 58.6. The first-order chi connectivity index (χ1) is 17.4. The van der Waals surface area contributed by atoms with Gasteiger partial charge in [0.15, 0.2) is 11.2 Å². The molecule has 0 bridgehead atoms. The highest BCUT2D eigenvalue weighted by atomic mass is 16.4. The van der Waals surface area contributed by atoms with Crippen molar-refractivity contribution in [2.45, 2.75) is 19.5 Å². The standard InChI is InChI=1S/C23H24N8O5/c1-13(22(34)30-8-6-24-7-9-30)27-21(33)17-11-16(28-19-4-5-26-31(17)19)20(32)25-12-14-2-3-18-15(10-14)29-23(35)36-18/h2-5,10-11,13,24H,6-9,12H2,1H3,(H,25,32)(H,27,33)(H,29,35)/t13-/m0/s1. The molecule has 3 amide bonds. The van der Waals surface area contributed by atoms with E-state index in [1.807, 2.05) is 0 Å². The van der Waals surface area contributed by atoms with Gasteiger partial charge in [-0.1, -0.05) is 6.07 Å². The molecule has 13 nitrogen and oxygen atoms in total. The minimum atomic E-state index is -0.754. The summed E-state index contributed by atoms with van der Waals surface area (Å²) in [7, 11) is 0. The number of amides is 3. The summed E-state index contributed by atoms with van der Waals surface area (Å²) in [6.45, 7) is 4.35. The Morgan fingerprint density at radius 3 is 2.75 bits per heavy atom. The Balaban J connectivity index is 1.31. The third-order valence-corrected chi connectivity index (χ3v) is 5.91. The van der Waals surface area contributed by atoms with Crippen molar-refractivity contribution in [3.8, 4) is 0 Å². The van der Waals surface area contributed by atoms with Crippen LogP contribution < -0.4 is 21.7 Å². The number of carbonyl (C=O) groups is 3. The predicted octanol–water partition coefficient (Wildman–Crippen LogP) is -0.356. The Bertz CT molecular complexity index is 1510. The highest BCUT2D eigenvalue weighted by Gasteiger charge is 2.25. The molecular formula is C23H24N8O5. The molecule has 1 aromatic carbocycles. The molecule has 5 rings (SSSR count). The maximum atomic E-state index is 13.1. The summed E-state index contributed by atoms with van der Waals surface area (Å²) in [5, 5.41) is 12.8. The molecule has 4 aromatic rings. The Morgan fingerprint density at radius 1 is 1.14 bits per heavy atom. The molecule has 1 saturated heterocycles. The Morgan fingerprint density at radius 2 is 1.94 bits per heavy atom. The van der Waals surface area contributed by atoms with E-state index < -0.39 is 23.6 Å². The molecule has 1 fully saturated rings. The summed E-state index contributed by atoms with van der Waals surface area (Å²) < 4.78 is 6.30. The van der Waals surface area contributed by atoms with E-state index in [1.54, 1.807) is 36.1 Å². The number of benzene rings is 1. The van der Waals surface area contributed by atoms with E-state index in [4.69, 9.17) is 4.42 Å². The van der Waals surface area contributed by atoms with Gasteiger partial charge in [-0.05, 0) is 24.6 Å². The first kappa shape index (κ1) is 23.2. The first-order valence-corrected chi connectivity index (χ1v) is 11.4. The summed E-state index contributed by atoms with van der Waals surface area (Å²) in [6, 6.07) is 7.22. The average Bonchev–Trinajstić information content (AvgIpc) is 3.51. The second-order valence-electron chi connectivity index (χ2n) is 8.43. The fourth-order valence-corrected chi connectivity index (χ4v) is 4.06. The normalized spacial score (nSPS) is 14.6. The van der Waals surface area contributed by atoms with Crippen LogP contribution in [0.3, 0.4) is 0 Å². The first-order valence-electron chi connectivity index (χ1n) is 11.4. The lowest BCUT2D eigenvalue weighted by Crippen LogP contribution is -2.53. The maximum Gasteiger partial charge on any atom is 0.417 e. The van der Waals surface area contributed by atoms with E-state index >= 15 is 0 Å². The lowest BCUT2D eigenvalue weighted by atomic mass is 10.2. The van der Waals surface area contributed by atoms with E-state index in [1.165, 1.54) is 16.8 Å². The van der Waals surface area contributed by atoms with Crippen LogP contribution in [0, 0.1) is 0 Å². The van der Waals surface area contributed by atoms with Gasteiger partial charge in [0.05, 0.1) is 11.7 Å². The number of nitrogens with zero attached hydrogens (tertiary/aromatic N) is 4. The van der Waals surface area contributed by atoms with Crippen molar-refractivity contribution in [2.75, 3.05) is 26.2 Å². The van der Waals surface area contributed by atoms with Gasteiger partial charge in [0.1, 0.15) is 17.4 Å². The molecule has 36 heavy (non-hydrogen) atoms. The highest BCUT2D eigenvalue weighted by molar-refractivity contribution is 6.00. The number of nitrogens with one attached hydrogen (secondary N) is 4. The third-order valence-electron chi connectivity index (χ3n) is 5.91. The number of rotatable bonds is 6. The van der Waals surface area contributed by atoms with Crippen LogP contribution >= 0.6 is 0 Å². The van der Waals surface area contributed by atoms with Crippen molar-refractivity contribution in [3.05, 3.63) is 64.0 Å². The monoisotopic (exact) mass is 492 g/mol. The number of H-pyrrole nitrogens is 1. The van der Waals surface area contributed by atoms with E-state index in [0.717, 1.165) is 5.56 Å².